The molecule has 0 spiro atoms. The number of aromatic amines is 1. The van der Waals surface area contributed by atoms with E-state index in [-0.39, 0.29) is 22.2 Å². The number of aryl methyl sites for hydroxylation is 1. The zero-order chi connectivity index (χ0) is 35.5. The number of rotatable bonds is 11. The molecule has 260 valence electrons. The first-order valence-corrected chi connectivity index (χ1v) is 17.0. The van der Waals surface area contributed by atoms with Gasteiger partial charge in [-0.25, -0.2) is 22.6 Å². The van der Waals surface area contributed by atoms with Crippen LogP contribution in [-0.2, 0) is 21.3 Å². The number of sulfonamides is 1. The maximum Gasteiger partial charge on any atom is 0.357 e. The summed E-state index contributed by atoms with van der Waals surface area (Å²) in [5.41, 5.74) is 3.94. The van der Waals surface area contributed by atoms with Crippen molar-refractivity contribution in [2.24, 2.45) is 0 Å². The van der Waals surface area contributed by atoms with Gasteiger partial charge in [0.05, 0.1) is 35.0 Å². The van der Waals surface area contributed by atoms with Gasteiger partial charge < -0.3 is 29.7 Å². The first-order valence-electron chi connectivity index (χ1n) is 15.6. The number of ether oxygens (including phenoxy) is 3. The van der Waals surface area contributed by atoms with Crippen LogP contribution in [0.5, 0.6) is 17.2 Å². The summed E-state index contributed by atoms with van der Waals surface area (Å²) in [4.78, 5) is 27.9. The number of halogens is 1. The molecule has 16 heteroatoms. The maximum absolute atomic E-state index is 14.6. The summed E-state index contributed by atoms with van der Waals surface area (Å²) in [5, 5.41) is 14.4. The van der Waals surface area contributed by atoms with Gasteiger partial charge in [-0.2, -0.15) is 10.1 Å². The van der Waals surface area contributed by atoms with Crippen molar-refractivity contribution in [3.05, 3.63) is 113 Å². The summed E-state index contributed by atoms with van der Waals surface area (Å²) in [6.45, 7) is 2.54. The molecule has 4 N–H and O–H groups in total. The Morgan fingerprint density at radius 2 is 1.75 bits per heavy atom. The van der Waals surface area contributed by atoms with Gasteiger partial charge in [0.1, 0.15) is 19.0 Å². The van der Waals surface area contributed by atoms with E-state index in [0.29, 0.717) is 65.0 Å². The summed E-state index contributed by atoms with van der Waals surface area (Å²) < 4.78 is 56.6. The molecule has 0 amide bonds. The number of nitrogens with zero attached hydrogens (tertiary/aromatic N) is 3. The summed E-state index contributed by atoms with van der Waals surface area (Å²) in [7, 11) is -2.62. The molecule has 0 radical (unpaired) electrons. The average Bonchev–Trinajstić information content (AvgIpc) is 3.53. The van der Waals surface area contributed by atoms with Gasteiger partial charge in [-0.1, -0.05) is 24.3 Å². The molecular weight excluding hydrogens is 681 g/mol. The zero-order valence-corrected chi connectivity index (χ0v) is 28.0. The fourth-order valence-corrected chi connectivity index (χ4v) is 6.47. The molecule has 14 nitrogen and oxygen atoms in total. The molecule has 6 aromatic rings. The molecule has 7 rings (SSSR count). The van der Waals surface area contributed by atoms with Crippen molar-refractivity contribution < 1.29 is 36.7 Å². The molecule has 51 heavy (non-hydrogen) atoms. The van der Waals surface area contributed by atoms with Gasteiger partial charge in [0.15, 0.2) is 23.1 Å². The molecule has 0 unspecified atom stereocenters. The van der Waals surface area contributed by atoms with Gasteiger partial charge >= 0.3 is 5.97 Å². The average molecular weight is 712 g/mol. The number of carbonyl (C=O) groups is 1. The second kappa shape index (κ2) is 13.9. The molecule has 0 saturated heterocycles. The number of aromatic nitrogens is 4. The van der Waals surface area contributed by atoms with Gasteiger partial charge in [-0.05, 0) is 65.9 Å². The van der Waals surface area contributed by atoms with Crippen LogP contribution in [0.4, 0.5) is 27.5 Å². The molecule has 0 saturated carbocycles. The van der Waals surface area contributed by atoms with Crippen LogP contribution in [0.25, 0.3) is 10.9 Å². The molecule has 0 fully saturated rings. The van der Waals surface area contributed by atoms with Crippen molar-refractivity contribution in [2.45, 2.75) is 18.2 Å². The smallest absolute Gasteiger partial charge is 0.357 e. The monoisotopic (exact) mass is 711 g/mol. The standard InChI is InChI=1S/C35H30FN7O7S/c1-20-5-3-4-6-32(20)51(45,46)43-50-34(44)22-8-7-21(30(16-22)47-2)15-27-25-11-9-23(17-28(25)42-41-27)39-35-37-19-26(36)33(40-35)38-24-10-12-29-31(18-24)49-14-13-48-29/h3-12,16-19,43H,13-15H2,1-2H3,(H,41,42)(H2,37,38,39,40). The van der Waals surface area contributed by atoms with Crippen LogP contribution in [0.15, 0.2) is 90.0 Å². The fraction of sp³-hybridized carbons (Fsp3) is 0.143. The Morgan fingerprint density at radius 3 is 2.57 bits per heavy atom. The highest BCUT2D eigenvalue weighted by molar-refractivity contribution is 7.89. The Hall–Kier alpha value is -6.26. The van der Waals surface area contributed by atoms with E-state index in [4.69, 9.17) is 19.0 Å². The minimum atomic E-state index is -4.08. The van der Waals surface area contributed by atoms with Crippen LogP contribution in [0.3, 0.4) is 0 Å². The molecule has 2 aromatic heterocycles. The van der Waals surface area contributed by atoms with Gasteiger partial charge in [0.2, 0.25) is 5.95 Å². The molecule has 3 heterocycles. The molecule has 0 aliphatic carbocycles. The Labute approximate surface area is 291 Å². The third-order valence-electron chi connectivity index (χ3n) is 7.95. The Bertz CT molecular complexity index is 2390. The number of benzene rings is 4. The quantitative estimate of drug-likeness (QED) is 0.121. The minimum Gasteiger partial charge on any atom is -0.496 e. The lowest BCUT2D eigenvalue weighted by Crippen LogP contribution is -2.28. The Balaban J connectivity index is 1.02. The van der Waals surface area contributed by atoms with Crippen LogP contribution in [0.2, 0.25) is 0 Å². The van der Waals surface area contributed by atoms with Gasteiger partial charge in [-0.15, -0.1) is 0 Å². The second-order valence-corrected chi connectivity index (χ2v) is 13.0. The van der Waals surface area contributed by atoms with E-state index >= 15 is 0 Å². The van der Waals surface area contributed by atoms with Crippen LogP contribution in [-0.4, -0.2) is 54.9 Å². The first-order chi connectivity index (χ1) is 24.7. The number of H-pyrrole nitrogens is 1. The van der Waals surface area contributed by atoms with Crippen LogP contribution in [0.1, 0.15) is 27.2 Å². The third-order valence-corrected chi connectivity index (χ3v) is 9.29. The van der Waals surface area contributed by atoms with Crippen molar-refractivity contribution >= 4 is 50.0 Å². The van der Waals surface area contributed by atoms with E-state index in [1.54, 1.807) is 49.4 Å². The summed E-state index contributed by atoms with van der Waals surface area (Å²) in [6.07, 6.45) is 1.42. The van der Waals surface area contributed by atoms with Crippen molar-refractivity contribution in [2.75, 3.05) is 31.0 Å². The van der Waals surface area contributed by atoms with Crippen molar-refractivity contribution in [3.8, 4) is 17.2 Å². The molecular formula is C35H30FN7O7S. The lowest BCUT2D eigenvalue weighted by molar-refractivity contribution is 0.0407. The molecule has 0 atom stereocenters. The lowest BCUT2D eigenvalue weighted by atomic mass is 10.0. The molecule has 1 aliphatic heterocycles. The van der Waals surface area contributed by atoms with E-state index in [2.05, 4.69) is 30.8 Å². The van der Waals surface area contributed by atoms with E-state index in [1.807, 2.05) is 23.1 Å². The fourth-order valence-electron chi connectivity index (χ4n) is 5.44. The van der Waals surface area contributed by atoms with Crippen LogP contribution < -0.4 is 29.7 Å². The second-order valence-electron chi connectivity index (χ2n) is 11.4. The predicted octanol–water partition coefficient (Wildman–Crippen LogP) is 5.71. The number of fused-ring (bicyclic) bond motifs is 2. The van der Waals surface area contributed by atoms with Gasteiger partial charge in [0, 0.05) is 34.8 Å². The van der Waals surface area contributed by atoms with Gasteiger partial charge in [0.25, 0.3) is 10.0 Å². The van der Waals surface area contributed by atoms with E-state index in [0.717, 1.165) is 17.1 Å². The number of methoxy groups -OCH3 is 1. The predicted molar refractivity (Wildman–Crippen MR) is 185 cm³/mol. The lowest BCUT2D eigenvalue weighted by Gasteiger charge is -2.19. The number of nitrogens with one attached hydrogen (secondary N) is 4. The van der Waals surface area contributed by atoms with Crippen molar-refractivity contribution in [1.82, 2.24) is 25.1 Å². The molecule has 0 bridgehead atoms. The molecule has 1 aliphatic rings. The number of carbonyl (C=O) groups excluding carboxylic acids is 1. The summed E-state index contributed by atoms with van der Waals surface area (Å²) in [6, 6.07) is 21.7. The van der Waals surface area contributed by atoms with E-state index < -0.39 is 21.8 Å². The highest BCUT2D eigenvalue weighted by Crippen LogP contribution is 2.34. The number of hydrogen-bond acceptors (Lipinski definition) is 12. The largest absolute Gasteiger partial charge is 0.496 e. The van der Waals surface area contributed by atoms with E-state index in [9.17, 15) is 17.6 Å². The van der Waals surface area contributed by atoms with Crippen LogP contribution >= 0.6 is 0 Å². The normalized spacial score (nSPS) is 12.4. The van der Waals surface area contributed by atoms with Crippen molar-refractivity contribution in [3.63, 3.8) is 0 Å². The summed E-state index contributed by atoms with van der Waals surface area (Å²) in [5.74, 6) is 0.171. The van der Waals surface area contributed by atoms with Crippen molar-refractivity contribution in [1.29, 1.82) is 0 Å². The SMILES string of the molecule is COc1cc(C(=O)ONS(=O)(=O)c2ccccc2C)ccc1Cc1n[nH]c2cc(Nc3ncc(F)c(Nc4ccc5c(c4)OCCO5)n3)ccc12. The Morgan fingerprint density at radius 1 is 0.961 bits per heavy atom. The highest BCUT2D eigenvalue weighted by Gasteiger charge is 2.21. The topological polar surface area (TPSA) is 179 Å². The highest BCUT2D eigenvalue weighted by atomic mass is 32.2. The number of hydrogen-bond donors (Lipinski definition) is 4. The zero-order valence-electron chi connectivity index (χ0n) is 27.2. The maximum atomic E-state index is 14.6. The van der Waals surface area contributed by atoms with E-state index in [1.165, 1.54) is 25.3 Å². The molecule has 4 aromatic carbocycles. The van der Waals surface area contributed by atoms with Crippen LogP contribution in [0, 0.1) is 12.7 Å². The Kier molecular flexibility index (Phi) is 9.08. The third kappa shape index (κ3) is 7.22. The number of anilines is 4. The van der Waals surface area contributed by atoms with Gasteiger partial charge in [-0.3, -0.25) is 5.10 Å². The summed E-state index contributed by atoms with van der Waals surface area (Å²) >= 11 is 0. The first kappa shape index (κ1) is 33.2. The minimum absolute atomic E-state index is 0.000763.